The predicted molar refractivity (Wildman–Crippen MR) is 104 cm³/mol. The molecule has 2 aromatic carbocycles. The van der Waals surface area contributed by atoms with E-state index >= 15 is 0 Å². The van der Waals surface area contributed by atoms with E-state index in [1.807, 2.05) is 25.4 Å². The van der Waals surface area contributed by atoms with Gasteiger partial charge in [0.1, 0.15) is 31.0 Å². The van der Waals surface area contributed by atoms with Crippen molar-refractivity contribution >= 4 is 47.2 Å². The standard InChI is InChI=1S/C18H14BFN4OS/c19-14-6-11-9-22-18(23-13-3-1-2-12(20)7-13)24-15(11)8-16(14)25-10-17-21-4-5-26-17/h1-9H,10,19H2,(H,22,23,24). The van der Waals surface area contributed by atoms with Crippen molar-refractivity contribution in [2.75, 3.05) is 5.32 Å². The van der Waals surface area contributed by atoms with Crippen LogP contribution in [0.15, 0.2) is 54.2 Å². The van der Waals surface area contributed by atoms with E-state index in [0.29, 0.717) is 18.2 Å². The van der Waals surface area contributed by atoms with Gasteiger partial charge in [0.2, 0.25) is 5.95 Å². The molecular weight excluding hydrogens is 350 g/mol. The van der Waals surface area contributed by atoms with Gasteiger partial charge in [0.05, 0.1) is 5.52 Å². The summed E-state index contributed by atoms with van der Waals surface area (Å²) in [5.74, 6) is 0.838. The fourth-order valence-corrected chi connectivity index (χ4v) is 3.08. The topological polar surface area (TPSA) is 59.9 Å². The number of fused-ring (bicyclic) bond motifs is 1. The number of thiazole rings is 1. The first-order valence-electron chi connectivity index (χ1n) is 7.98. The van der Waals surface area contributed by atoms with Gasteiger partial charge in [-0.25, -0.2) is 19.3 Å². The molecule has 0 radical (unpaired) electrons. The average Bonchev–Trinajstić information content (AvgIpc) is 3.14. The predicted octanol–water partition coefficient (Wildman–Crippen LogP) is 2.81. The monoisotopic (exact) mass is 364 g/mol. The maximum absolute atomic E-state index is 13.3. The van der Waals surface area contributed by atoms with Crippen molar-refractivity contribution in [3.8, 4) is 5.75 Å². The van der Waals surface area contributed by atoms with Crippen molar-refractivity contribution < 1.29 is 9.13 Å². The lowest BCUT2D eigenvalue weighted by molar-refractivity contribution is 0.308. The van der Waals surface area contributed by atoms with Crippen molar-refractivity contribution in [2.45, 2.75) is 6.61 Å². The second-order valence-electron chi connectivity index (χ2n) is 5.72. The molecule has 0 atom stereocenters. The molecule has 2 aromatic heterocycles. The number of benzene rings is 2. The molecule has 0 unspecified atom stereocenters. The first kappa shape index (κ1) is 16.5. The summed E-state index contributed by atoms with van der Waals surface area (Å²) < 4.78 is 19.2. The Morgan fingerprint density at radius 3 is 2.92 bits per heavy atom. The average molecular weight is 364 g/mol. The maximum atomic E-state index is 13.3. The number of hydrogen-bond acceptors (Lipinski definition) is 6. The Balaban J connectivity index is 1.60. The summed E-state index contributed by atoms with van der Waals surface area (Å²) in [4.78, 5) is 13.0. The van der Waals surface area contributed by atoms with Crippen molar-refractivity contribution in [3.05, 3.63) is 65.0 Å². The molecule has 0 saturated heterocycles. The minimum atomic E-state index is -0.315. The van der Waals surface area contributed by atoms with Crippen molar-refractivity contribution in [1.29, 1.82) is 0 Å². The molecular formula is C18H14BFN4OS. The summed E-state index contributed by atoms with van der Waals surface area (Å²) in [5.41, 5.74) is 2.35. The van der Waals surface area contributed by atoms with E-state index < -0.39 is 0 Å². The molecule has 0 fully saturated rings. The van der Waals surface area contributed by atoms with Crippen LogP contribution in [0.2, 0.25) is 0 Å². The lowest BCUT2D eigenvalue weighted by Crippen LogP contribution is -2.10. The summed E-state index contributed by atoms with van der Waals surface area (Å²) in [6, 6.07) is 10.0. The molecule has 0 amide bonds. The van der Waals surface area contributed by atoms with Crippen LogP contribution < -0.4 is 15.5 Å². The van der Waals surface area contributed by atoms with E-state index in [-0.39, 0.29) is 5.82 Å². The highest BCUT2D eigenvalue weighted by Gasteiger charge is 2.07. The molecule has 128 valence electrons. The van der Waals surface area contributed by atoms with Crippen LogP contribution in [0.3, 0.4) is 0 Å². The Bertz CT molecular complexity index is 1060. The molecule has 0 aliphatic heterocycles. The molecule has 2 heterocycles. The third kappa shape index (κ3) is 3.65. The van der Waals surface area contributed by atoms with Gasteiger partial charge in [-0.1, -0.05) is 12.1 Å². The number of hydrogen-bond donors (Lipinski definition) is 1. The SMILES string of the molecule is Bc1cc2cnc(Nc3cccc(F)c3)nc2cc1OCc1nccs1. The largest absolute Gasteiger partial charge is 0.487 e. The summed E-state index contributed by atoms with van der Waals surface area (Å²) in [6.07, 6.45) is 3.50. The van der Waals surface area contributed by atoms with Crippen LogP contribution in [-0.4, -0.2) is 22.8 Å². The Kier molecular flexibility index (Phi) is 4.49. The summed E-state index contributed by atoms with van der Waals surface area (Å²) in [5, 5.41) is 6.76. The molecule has 0 saturated carbocycles. The van der Waals surface area contributed by atoms with E-state index in [4.69, 9.17) is 4.74 Å². The highest BCUT2D eigenvalue weighted by Crippen LogP contribution is 2.21. The lowest BCUT2D eigenvalue weighted by atomic mass is 9.93. The zero-order chi connectivity index (χ0) is 17.9. The second kappa shape index (κ2) is 7.09. The molecule has 0 spiro atoms. The van der Waals surface area contributed by atoms with Gasteiger partial charge in [-0.15, -0.1) is 11.3 Å². The van der Waals surface area contributed by atoms with Gasteiger partial charge in [0, 0.05) is 34.9 Å². The molecule has 26 heavy (non-hydrogen) atoms. The lowest BCUT2D eigenvalue weighted by Gasteiger charge is -2.10. The molecule has 8 heteroatoms. The Hall–Kier alpha value is -3.00. The zero-order valence-electron chi connectivity index (χ0n) is 13.9. The van der Waals surface area contributed by atoms with Crippen LogP contribution >= 0.6 is 11.3 Å². The molecule has 0 bridgehead atoms. The number of rotatable bonds is 5. The number of nitrogens with one attached hydrogen (secondary N) is 1. The number of ether oxygens (including phenoxy) is 1. The van der Waals surface area contributed by atoms with Crippen LogP contribution in [0.25, 0.3) is 10.9 Å². The molecule has 1 N–H and O–H groups in total. The first-order valence-corrected chi connectivity index (χ1v) is 8.86. The Morgan fingerprint density at radius 2 is 2.12 bits per heavy atom. The minimum Gasteiger partial charge on any atom is -0.487 e. The smallest absolute Gasteiger partial charge is 0.227 e. The quantitative estimate of drug-likeness (QED) is 0.552. The highest BCUT2D eigenvalue weighted by molar-refractivity contribution is 7.09. The van der Waals surface area contributed by atoms with Crippen LogP contribution in [0.1, 0.15) is 5.01 Å². The zero-order valence-corrected chi connectivity index (χ0v) is 14.8. The molecule has 4 rings (SSSR count). The third-order valence-corrected chi connectivity index (χ3v) is 4.55. The van der Waals surface area contributed by atoms with Crippen LogP contribution in [-0.2, 0) is 6.61 Å². The minimum absolute atomic E-state index is 0.315. The van der Waals surface area contributed by atoms with Gasteiger partial charge in [0.25, 0.3) is 0 Å². The van der Waals surface area contributed by atoms with E-state index in [0.717, 1.165) is 27.1 Å². The van der Waals surface area contributed by atoms with Crippen molar-refractivity contribution in [1.82, 2.24) is 15.0 Å². The Morgan fingerprint density at radius 1 is 1.19 bits per heavy atom. The van der Waals surface area contributed by atoms with E-state index in [1.54, 1.807) is 35.9 Å². The van der Waals surface area contributed by atoms with E-state index in [9.17, 15) is 4.39 Å². The van der Waals surface area contributed by atoms with Crippen molar-refractivity contribution in [2.24, 2.45) is 0 Å². The second-order valence-corrected chi connectivity index (χ2v) is 6.70. The Labute approximate surface area is 154 Å². The van der Waals surface area contributed by atoms with E-state index in [1.165, 1.54) is 12.1 Å². The number of aromatic nitrogens is 3. The fraction of sp³-hybridized carbons (Fsp3) is 0.0556. The van der Waals surface area contributed by atoms with Gasteiger partial charge in [0.15, 0.2) is 0 Å². The van der Waals surface area contributed by atoms with Gasteiger partial charge in [-0.2, -0.15) is 0 Å². The van der Waals surface area contributed by atoms with Crippen molar-refractivity contribution in [3.63, 3.8) is 0 Å². The maximum Gasteiger partial charge on any atom is 0.227 e. The summed E-state index contributed by atoms with van der Waals surface area (Å²) >= 11 is 1.55. The summed E-state index contributed by atoms with van der Waals surface area (Å²) in [7, 11) is 1.98. The molecule has 5 nitrogen and oxygen atoms in total. The van der Waals surface area contributed by atoms with Gasteiger partial charge >= 0.3 is 0 Å². The van der Waals surface area contributed by atoms with Crippen LogP contribution in [0.4, 0.5) is 16.0 Å². The summed E-state index contributed by atoms with van der Waals surface area (Å²) in [6.45, 7) is 0.420. The highest BCUT2D eigenvalue weighted by atomic mass is 32.1. The van der Waals surface area contributed by atoms with Crippen LogP contribution in [0, 0.1) is 5.82 Å². The van der Waals surface area contributed by atoms with Gasteiger partial charge in [-0.05, 0) is 23.7 Å². The normalized spacial score (nSPS) is 10.8. The first-order chi connectivity index (χ1) is 12.7. The number of nitrogens with zero attached hydrogens (tertiary/aromatic N) is 3. The van der Waals surface area contributed by atoms with Gasteiger partial charge < -0.3 is 10.1 Å². The molecule has 0 aliphatic carbocycles. The van der Waals surface area contributed by atoms with Crippen LogP contribution in [0.5, 0.6) is 5.75 Å². The third-order valence-electron chi connectivity index (χ3n) is 3.79. The number of anilines is 2. The fourth-order valence-electron chi connectivity index (χ4n) is 2.55. The number of halogens is 1. The molecule has 4 aromatic rings. The molecule has 0 aliphatic rings. The van der Waals surface area contributed by atoms with Gasteiger partial charge in [-0.3, -0.25) is 0 Å². The van der Waals surface area contributed by atoms with E-state index in [2.05, 4.69) is 20.3 Å².